The van der Waals surface area contributed by atoms with Crippen LogP contribution in [0.3, 0.4) is 0 Å². The summed E-state index contributed by atoms with van der Waals surface area (Å²) in [5.41, 5.74) is 0. The molecule has 21 heavy (non-hydrogen) atoms. The second-order valence-electron chi connectivity index (χ2n) is 1.08. The maximum Gasteiger partial charge on any atom is 2.00 e. The summed E-state index contributed by atoms with van der Waals surface area (Å²) < 4.78 is 17.0. The average Bonchev–Trinajstić information content (AvgIpc) is 1.76. The molecule has 0 atom stereocenters. The van der Waals surface area contributed by atoms with E-state index in [0.29, 0.717) is 0 Å². The Morgan fingerprint density at radius 2 is 0.476 bits per heavy atom. The fraction of sp³-hybridized carbons (Fsp3) is 0. The largest absolute Gasteiger partial charge is 2.00 e. The summed E-state index contributed by atoms with van der Waals surface area (Å²) in [5, 5.41) is 50.5. The molecule has 21 heteroatoms. The minimum absolute atomic E-state index is 0. The number of hydrogen-bond acceptors (Lipinski definition) is 12. The zero-order valence-corrected chi connectivity index (χ0v) is 27.4. The van der Waals surface area contributed by atoms with Crippen LogP contribution in [0.15, 0.2) is 0 Å². The van der Waals surface area contributed by atoms with Gasteiger partial charge >= 0.3 is 97.4 Å². The summed E-state index contributed by atoms with van der Waals surface area (Å²) >= 11 is 0. The van der Waals surface area contributed by atoms with Gasteiger partial charge in [0.25, 0.3) is 0 Å². The van der Waals surface area contributed by atoms with Crippen LogP contribution in [0.5, 0.6) is 0 Å². The summed E-state index contributed by atoms with van der Waals surface area (Å²) in [5.74, 6) is 0. The van der Waals surface area contributed by atoms with E-state index < -0.39 is 33.0 Å². The molecule has 0 radical (unpaired) electrons. The fourth-order valence-electron chi connectivity index (χ4n) is 0. The predicted octanol–water partition coefficient (Wildman–Crippen LogP) is -13.7. The molecule has 12 nitrogen and oxygen atoms in total. The third-order valence-corrected chi connectivity index (χ3v) is 0. The molecule has 0 bridgehead atoms. The van der Waals surface area contributed by atoms with Crippen molar-refractivity contribution in [3.8, 4) is 0 Å². The Hall–Kier alpha value is 2.24. The van der Waals surface area contributed by atoms with Gasteiger partial charge in [0.1, 0.15) is 0 Å². The van der Waals surface area contributed by atoms with E-state index in [1.165, 1.54) is 0 Å². The monoisotopic (exact) mass is 590 g/mol. The quantitative estimate of drug-likeness (QED) is 0.236. The van der Waals surface area contributed by atoms with E-state index >= 15 is 0 Å². The molecule has 0 aliphatic carbocycles. The van der Waals surface area contributed by atoms with Gasteiger partial charge in [0.05, 0.1) is 0 Å². The van der Waals surface area contributed by atoms with Gasteiger partial charge in [-0.15, -0.1) is 0 Å². The summed E-state index contributed by atoms with van der Waals surface area (Å²) in [4.78, 5) is 34.1. The Balaban J connectivity index is -0.0000000121. The molecular formula is B2O12Si2Zn5. The molecule has 0 fully saturated rings. The van der Waals surface area contributed by atoms with E-state index in [-0.39, 0.29) is 97.4 Å². The van der Waals surface area contributed by atoms with Crippen molar-refractivity contribution in [1.82, 2.24) is 0 Å². The van der Waals surface area contributed by atoms with Gasteiger partial charge in [-0.1, -0.05) is 0 Å². The molecule has 0 spiro atoms. The molecule has 0 aliphatic heterocycles. The van der Waals surface area contributed by atoms with Gasteiger partial charge in [-0.3, -0.25) is 14.6 Å². The van der Waals surface area contributed by atoms with Gasteiger partial charge in [-0.2, -0.15) is 0 Å². The van der Waals surface area contributed by atoms with Gasteiger partial charge in [-0.05, 0) is 0 Å². The van der Waals surface area contributed by atoms with Gasteiger partial charge in [0.15, 0.2) is 0 Å². The van der Waals surface area contributed by atoms with Crippen molar-refractivity contribution in [3.63, 3.8) is 0 Å². The average molecular weight is 597 g/mol. The van der Waals surface area contributed by atoms with Crippen molar-refractivity contribution in [2.24, 2.45) is 0 Å². The van der Waals surface area contributed by atoms with Crippen molar-refractivity contribution in [2.45, 2.75) is 0 Å². The van der Waals surface area contributed by atoms with E-state index in [1.54, 1.807) is 0 Å². The minimum Gasteiger partial charge on any atom is -0.907 e. The summed E-state index contributed by atoms with van der Waals surface area (Å²) in [7, 11) is -13.1. The zero-order chi connectivity index (χ0) is 14.3. The second kappa shape index (κ2) is 49.5. The normalized spacial score (nSPS) is 4.86. The third-order valence-electron chi connectivity index (χ3n) is 0. The van der Waals surface area contributed by atoms with E-state index in [2.05, 4.69) is 0 Å². The molecule has 0 aromatic heterocycles. The molecular weight excluding hydrogens is 597 g/mol. The SMILES string of the molecule is O=[Si]([O-])[O-].O=[Si]([O-])[O-].[O-]B([O-])[O-].[O-]B([O-])[O-].[Zn+2].[Zn+2].[Zn+2].[Zn+2].[Zn+2]. The molecule has 96 valence electrons. The van der Waals surface area contributed by atoms with Crippen molar-refractivity contribution < 1.29 is 156 Å². The maximum atomic E-state index is 8.52. The van der Waals surface area contributed by atoms with Gasteiger partial charge in [0.2, 0.25) is 0 Å². The third kappa shape index (κ3) is 1820. The zero-order valence-electron chi connectivity index (χ0n) is 10.6. The molecule has 0 saturated carbocycles. The van der Waals surface area contributed by atoms with Crippen LogP contribution < -0.4 is 49.3 Å². The summed E-state index contributed by atoms with van der Waals surface area (Å²) in [6.07, 6.45) is 0. The Morgan fingerprint density at radius 1 is 0.476 bits per heavy atom. The molecule has 0 amide bonds. The Morgan fingerprint density at radius 3 is 0.476 bits per heavy atom. The topological polar surface area (TPSA) is 265 Å². The van der Waals surface area contributed by atoms with Crippen LogP contribution in [0.2, 0.25) is 0 Å². The van der Waals surface area contributed by atoms with E-state index in [0.717, 1.165) is 0 Å². The van der Waals surface area contributed by atoms with Crippen LogP contribution in [-0.4, -0.2) is 33.0 Å². The van der Waals surface area contributed by atoms with Gasteiger partial charge < -0.3 is 58.3 Å². The molecule has 0 aromatic carbocycles. The standard InChI is InChI=1S/2BO3.2O3Si.5Zn/c2*2-1(3)4;2*1-4(2)3;;;;;/q2*-3;2*-2;5*+2. The van der Waals surface area contributed by atoms with Crippen molar-refractivity contribution in [2.75, 3.05) is 0 Å². The van der Waals surface area contributed by atoms with E-state index in [9.17, 15) is 0 Å². The van der Waals surface area contributed by atoms with Crippen LogP contribution in [0, 0.1) is 0 Å². The molecule has 0 rings (SSSR count). The first kappa shape index (κ1) is 56.7. The Bertz CT molecular complexity index is 140. The molecule has 0 saturated heterocycles. The smallest absolute Gasteiger partial charge is 0.907 e. The minimum atomic E-state index is -3.63. The van der Waals surface area contributed by atoms with Crippen LogP contribution in [0.1, 0.15) is 0 Å². The van der Waals surface area contributed by atoms with Crippen LogP contribution in [-0.2, 0) is 106 Å². The molecule has 0 N–H and O–H groups in total. The van der Waals surface area contributed by atoms with Crippen LogP contribution >= 0.6 is 0 Å². The van der Waals surface area contributed by atoms with E-state index in [4.69, 9.17) is 58.3 Å². The summed E-state index contributed by atoms with van der Waals surface area (Å²) in [6.45, 7) is 0. The van der Waals surface area contributed by atoms with Crippen molar-refractivity contribution in [3.05, 3.63) is 0 Å². The first-order chi connectivity index (χ1) is 6.93. The predicted molar refractivity (Wildman–Crippen MR) is 24.4 cm³/mol. The second-order valence-corrected chi connectivity index (χ2v) is 2.08. The van der Waals surface area contributed by atoms with Crippen LogP contribution in [0.25, 0.3) is 0 Å². The number of rotatable bonds is 0. The van der Waals surface area contributed by atoms with Crippen molar-refractivity contribution >= 4 is 33.0 Å². The Kier molecular flexibility index (Phi) is 134. The molecule has 0 heterocycles. The number of hydrogen-bond donors (Lipinski definition) is 0. The van der Waals surface area contributed by atoms with Crippen molar-refractivity contribution in [1.29, 1.82) is 0 Å². The molecule has 0 aliphatic rings. The van der Waals surface area contributed by atoms with Gasteiger partial charge in [-0.25, -0.2) is 0 Å². The summed E-state index contributed by atoms with van der Waals surface area (Å²) in [6, 6.07) is 0. The first-order valence-electron chi connectivity index (χ1n) is 2.64. The maximum absolute atomic E-state index is 8.52. The van der Waals surface area contributed by atoms with Crippen LogP contribution in [0.4, 0.5) is 0 Å². The molecule has 0 aromatic rings. The Labute approximate surface area is 187 Å². The molecule has 0 unspecified atom stereocenters. The van der Waals surface area contributed by atoms with Gasteiger partial charge in [0, 0.05) is 18.3 Å². The first-order valence-corrected chi connectivity index (χ1v) is 5.09. The van der Waals surface area contributed by atoms with E-state index in [1.807, 2.05) is 0 Å². The fourth-order valence-corrected chi connectivity index (χ4v) is 0.